The van der Waals surface area contributed by atoms with E-state index in [1.165, 1.54) is 12.8 Å². The first-order chi connectivity index (χ1) is 9.13. The zero-order valence-electron chi connectivity index (χ0n) is 12.4. The summed E-state index contributed by atoms with van der Waals surface area (Å²) in [6, 6.07) is 0. The van der Waals surface area contributed by atoms with Crippen LogP contribution in [0.4, 0.5) is 0 Å². The number of aliphatic hydroxyl groups excluding tert-OH is 1. The molecule has 2 saturated heterocycles. The quantitative estimate of drug-likeness (QED) is 0.776. The van der Waals surface area contributed by atoms with Gasteiger partial charge in [-0.25, -0.2) is 0 Å². The van der Waals surface area contributed by atoms with Crippen LogP contribution in [0.2, 0.25) is 0 Å². The number of hydroxylamine groups is 2. The summed E-state index contributed by atoms with van der Waals surface area (Å²) in [5.74, 6) is 0.815. The molecule has 19 heavy (non-hydrogen) atoms. The molecule has 0 aliphatic carbocycles. The van der Waals surface area contributed by atoms with Crippen LogP contribution in [0.25, 0.3) is 0 Å². The number of likely N-dealkylation sites (N-methyl/N-ethyl adjacent to an activating group) is 1. The molecule has 0 aromatic heterocycles. The number of hydrogen-bond acceptors (Lipinski definition) is 5. The van der Waals surface area contributed by atoms with Crippen LogP contribution in [0.3, 0.4) is 0 Å². The summed E-state index contributed by atoms with van der Waals surface area (Å²) in [5.41, 5.74) is 0. The van der Waals surface area contributed by atoms with Gasteiger partial charge < -0.3 is 10.0 Å². The Kier molecular flexibility index (Phi) is 6.04. The fraction of sp³-hybridized carbons (Fsp3) is 1.00. The lowest BCUT2D eigenvalue weighted by Crippen LogP contribution is -2.48. The molecule has 2 fully saturated rings. The van der Waals surface area contributed by atoms with Crippen LogP contribution in [-0.2, 0) is 4.84 Å². The van der Waals surface area contributed by atoms with Gasteiger partial charge >= 0.3 is 0 Å². The molecular formula is C14H29N3O2. The van der Waals surface area contributed by atoms with Crippen molar-refractivity contribution in [3.8, 4) is 0 Å². The van der Waals surface area contributed by atoms with Crippen molar-refractivity contribution in [1.82, 2.24) is 14.9 Å². The maximum Gasteiger partial charge on any atom is 0.0957 e. The van der Waals surface area contributed by atoms with Crippen LogP contribution in [0.1, 0.15) is 19.8 Å². The van der Waals surface area contributed by atoms with Gasteiger partial charge in [-0.3, -0.25) is 9.74 Å². The third-order valence-corrected chi connectivity index (χ3v) is 4.26. The number of rotatable bonds is 5. The Morgan fingerprint density at radius 3 is 2.37 bits per heavy atom. The summed E-state index contributed by atoms with van der Waals surface area (Å²) in [6.07, 6.45) is 2.03. The molecule has 0 bridgehead atoms. The summed E-state index contributed by atoms with van der Waals surface area (Å²) in [5, 5.41) is 12.1. The molecule has 1 N–H and O–H groups in total. The summed E-state index contributed by atoms with van der Waals surface area (Å²) in [4.78, 5) is 10.4. The van der Waals surface area contributed by atoms with Crippen LogP contribution >= 0.6 is 0 Å². The highest BCUT2D eigenvalue weighted by molar-refractivity contribution is 4.72. The maximum atomic E-state index is 10.0. The second-order valence-electron chi connectivity index (χ2n) is 6.17. The molecule has 1 unspecified atom stereocenters. The Morgan fingerprint density at radius 2 is 1.74 bits per heavy atom. The van der Waals surface area contributed by atoms with Crippen molar-refractivity contribution in [2.45, 2.75) is 25.9 Å². The zero-order chi connectivity index (χ0) is 13.7. The molecule has 5 nitrogen and oxygen atoms in total. The van der Waals surface area contributed by atoms with E-state index in [1.54, 1.807) is 0 Å². The van der Waals surface area contributed by atoms with E-state index in [2.05, 4.69) is 23.8 Å². The van der Waals surface area contributed by atoms with Gasteiger partial charge in [0.1, 0.15) is 0 Å². The number of aliphatic hydroxyl groups is 1. The maximum absolute atomic E-state index is 10.0. The second kappa shape index (κ2) is 7.55. The molecule has 0 amide bonds. The van der Waals surface area contributed by atoms with E-state index < -0.39 is 0 Å². The van der Waals surface area contributed by atoms with E-state index in [1.807, 2.05) is 5.06 Å². The predicted octanol–water partition coefficient (Wildman–Crippen LogP) is 0.258. The summed E-state index contributed by atoms with van der Waals surface area (Å²) in [6.45, 7) is 9.75. The van der Waals surface area contributed by atoms with Crippen molar-refractivity contribution in [3.63, 3.8) is 0 Å². The molecule has 0 radical (unpaired) electrons. The van der Waals surface area contributed by atoms with Gasteiger partial charge in [0, 0.05) is 45.8 Å². The lowest BCUT2D eigenvalue weighted by atomic mass is 10.0. The Bertz CT molecular complexity index is 249. The topological polar surface area (TPSA) is 39.2 Å². The minimum absolute atomic E-state index is 0.372. The zero-order valence-corrected chi connectivity index (χ0v) is 12.4. The van der Waals surface area contributed by atoms with Gasteiger partial charge in [-0.1, -0.05) is 6.92 Å². The van der Waals surface area contributed by atoms with E-state index in [9.17, 15) is 5.11 Å². The molecule has 112 valence electrons. The van der Waals surface area contributed by atoms with Gasteiger partial charge in [0.05, 0.1) is 12.7 Å². The van der Waals surface area contributed by atoms with Crippen LogP contribution in [0.15, 0.2) is 0 Å². The molecule has 0 spiro atoms. The molecule has 2 aliphatic heterocycles. The van der Waals surface area contributed by atoms with E-state index in [0.29, 0.717) is 6.61 Å². The molecular weight excluding hydrogens is 242 g/mol. The van der Waals surface area contributed by atoms with E-state index in [-0.39, 0.29) is 6.10 Å². The highest BCUT2D eigenvalue weighted by atomic mass is 16.7. The number of piperidine rings is 1. The van der Waals surface area contributed by atoms with Crippen molar-refractivity contribution in [2.75, 3.05) is 59.5 Å². The average Bonchev–Trinajstić information content (AvgIpc) is 2.41. The first-order valence-electron chi connectivity index (χ1n) is 7.60. The molecule has 0 saturated carbocycles. The third-order valence-electron chi connectivity index (χ3n) is 4.26. The van der Waals surface area contributed by atoms with E-state index >= 15 is 0 Å². The molecule has 1 atom stereocenters. The Balaban J connectivity index is 1.58. The Morgan fingerprint density at radius 1 is 1.11 bits per heavy atom. The minimum Gasteiger partial charge on any atom is -0.389 e. The molecule has 0 aromatic rings. The Labute approximate surface area is 117 Å². The Hall–Kier alpha value is -0.200. The van der Waals surface area contributed by atoms with Gasteiger partial charge in [-0.05, 0) is 25.8 Å². The van der Waals surface area contributed by atoms with E-state index in [4.69, 9.17) is 4.84 Å². The van der Waals surface area contributed by atoms with Crippen molar-refractivity contribution < 1.29 is 9.94 Å². The number of hydrogen-bond donors (Lipinski definition) is 1. The number of nitrogens with zero attached hydrogens (tertiary/aromatic N) is 3. The lowest BCUT2D eigenvalue weighted by Gasteiger charge is -2.34. The van der Waals surface area contributed by atoms with Gasteiger partial charge in [-0.2, -0.15) is 5.06 Å². The summed E-state index contributed by atoms with van der Waals surface area (Å²) in [7, 11) is 2.15. The van der Waals surface area contributed by atoms with Crippen molar-refractivity contribution in [1.29, 1.82) is 0 Å². The van der Waals surface area contributed by atoms with Crippen LogP contribution < -0.4 is 0 Å². The summed E-state index contributed by atoms with van der Waals surface area (Å²) < 4.78 is 0. The SMILES string of the molecule is CC1CCN(OCC(O)CN2CCN(C)CC2)CC1. The largest absolute Gasteiger partial charge is 0.389 e. The van der Waals surface area contributed by atoms with E-state index in [0.717, 1.165) is 51.7 Å². The molecule has 2 rings (SSSR count). The molecule has 2 aliphatic rings. The first-order valence-corrected chi connectivity index (χ1v) is 7.60. The monoisotopic (exact) mass is 271 g/mol. The predicted molar refractivity (Wildman–Crippen MR) is 75.9 cm³/mol. The van der Waals surface area contributed by atoms with Gasteiger partial charge in [0.25, 0.3) is 0 Å². The van der Waals surface area contributed by atoms with Crippen molar-refractivity contribution in [2.24, 2.45) is 5.92 Å². The number of β-amino-alcohol motifs (C(OH)–C–C–N with tert-alkyl or cyclic N) is 1. The first kappa shape index (κ1) is 15.2. The smallest absolute Gasteiger partial charge is 0.0957 e. The van der Waals surface area contributed by atoms with Crippen LogP contribution in [-0.4, -0.2) is 85.5 Å². The standard InChI is InChI=1S/C14H29N3O2/c1-13-3-5-17(6-4-13)19-12-14(18)11-16-9-7-15(2)8-10-16/h13-14,18H,3-12H2,1-2H3. The van der Waals surface area contributed by atoms with Crippen LogP contribution in [0.5, 0.6) is 0 Å². The van der Waals surface area contributed by atoms with Gasteiger partial charge in [-0.15, -0.1) is 0 Å². The van der Waals surface area contributed by atoms with Crippen molar-refractivity contribution >= 4 is 0 Å². The molecule has 0 aromatic carbocycles. The fourth-order valence-electron chi connectivity index (χ4n) is 2.69. The normalized spacial score (nSPS) is 26.7. The molecule has 5 heteroatoms. The third kappa shape index (κ3) is 5.36. The lowest BCUT2D eigenvalue weighted by molar-refractivity contribution is -0.192. The minimum atomic E-state index is -0.372. The second-order valence-corrected chi connectivity index (χ2v) is 6.17. The highest BCUT2D eigenvalue weighted by Gasteiger charge is 2.20. The molecule has 2 heterocycles. The average molecular weight is 271 g/mol. The van der Waals surface area contributed by atoms with Crippen molar-refractivity contribution in [3.05, 3.63) is 0 Å². The summed E-state index contributed by atoms with van der Waals surface area (Å²) >= 11 is 0. The van der Waals surface area contributed by atoms with Gasteiger partial charge in [0.15, 0.2) is 0 Å². The van der Waals surface area contributed by atoms with Crippen LogP contribution in [0, 0.1) is 5.92 Å². The van der Waals surface area contributed by atoms with Gasteiger partial charge in [0.2, 0.25) is 0 Å². The number of piperazine rings is 1. The fourth-order valence-corrected chi connectivity index (χ4v) is 2.69. The highest BCUT2D eigenvalue weighted by Crippen LogP contribution is 2.16.